The minimum absolute atomic E-state index is 0.0624. The Morgan fingerprint density at radius 3 is 2.74 bits per heavy atom. The number of rotatable bonds is 4. The molecule has 0 fully saturated rings. The maximum Gasteiger partial charge on any atom is 0.492 e. The summed E-state index contributed by atoms with van der Waals surface area (Å²) in [7, 11) is 0. The van der Waals surface area contributed by atoms with Gasteiger partial charge in [0.05, 0.1) is 11.3 Å². The van der Waals surface area contributed by atoms with Gasteiger partial charge in [-0.15, -0.1) is 0 Å². The van der Waals surface area contributed by atoms with Gasteiger partial charge in [-0.05, 0) is 22.0 Å². The Hall–Kier alpha value is -2.36. The van der Waals surface area contributed by atoms with Crippen LogP contribution < -0.4 is 0 Å². The van der Waals surface area contributed by atoms with Crippen LogP contribution in [0.4, 0.5) is 5.95 Å². The highest BCUT2D eigenvalue weighted by atomic mass is 79.9. The molecule has 0 aliphatic rings. The third-order valence-electron chi connectivity index (χ3n) is 2.16. The van der Waals surface area contributed by atoms with Gasteiger partial charge in [0.15, 0.2) is 0 Å². The molecular formula is C9H6BrN5O4. The van der Waals surface area contributed by atoms with Gasteiger partial charge in [-0.25, -0.2) is 4.79 Å². The van der Waals surface area contributed by atoms with Crippen LogP contribution in [-0.2, 0) is 6.54 Å². The van der Waals surface area contributed by atoms with Crippen molar-refractivity contribution in [1.82, 2.24) is 19.7 Å². The van der Waals surface area contributed by atoms with Crippen LogP contribution in [0.2, 0.25) is 0 Å². The smallest absolute Gasteiger partial charge is 0.478 e. The van der Waals surface area contributed by atoms with Gasteiger partial charge >= 0.3 is 11.9 Å². The predicted octanol–water partition coefficient (Wildman–Crippen LogP) is 1.09. The Balaban J connectivity index is 2.21. The average Bonchev–Trinajstić information content (AvgIpc) is 2.72. The fraction of sp³-hybridized carbons (Fsp3) is 0.111. The van der Waals surface area contributed by atoms with Crippen molar-refractivity contribution >= 4 is 27.8 Å². The molecule has 0 aliphatic heterocycles. The lowest BCUT2D eigenvalue weighted by molar-refractivity contribution is -0.394. The first-order valence-electron chi connectivity index (χ1n) is 4.90. The number of aromatic carboxylic acids is 1. The van der Waals surface area contributed by atoms with E-state index in [1.54, 1.807) is 0 Å². The lowest BCUT2D eigenvalue weighted by Gasteiger charge is -1.99. The summed E-state index contributed by atoms with van der Waals surface area (Å²) in [6.07, 6.45) is 1.21. The molecule has 98 valence electrons. The average molecular weight is 328 g/mol. The fourth-order valence-electron chi connectivity index (χ4n) is 1.29. The number of nitrogens with zero attached hydrogens (tertiary/aromatic N) is 5. The summed E-state index contributed by atoms with van der Waals surface area (Å²) in [6.45, 7) is 0.140. The summed E-state index contributed by atoms with van der Waals surface area (Å²) >= 11 is 3.04. The number of carboxylic acid groups (broad SMARTS) is 1. The van der Waals surface area contributed by atoms with Gasteiger partial charge < -0.3 is 15.2 Å². The minimum Gasteiger partial charge on any atom is -0.478 e. The molecule has 0 saturated carbocycles. The van der Waals surface area contributed by atoms with Crippen LogP contribution in [0.15, 0.2) is 23.1 Å². The van der Waals surface area contributed by atoms with Crippen LogP contribution in [-0.4, -0.2) is 35.7 Å². The number of nitro groups is 1. The molecule has 1 N–H and O–H groups in total. The Kier molecular flexibility index (Phi) is 3.51. The topological polar surface area (TPSA) is 124 Å². The highest BCUT2D eigenvalue weighted by molar-refractivity contribution is 9.10. The molecular weight excluding hydrogens is 322 g/mol. The van der Waals surface area contributed by atoms with Gasteiger partial charge in [0.25, 0.3) is 4.73 Å². The summed E-state index contributed by atoms with van der Waals surface area (Å²) < 4.78 is 1.45. The third-order valence-corrected chi connectivity index (χ3v) is 2.75. The van der Waals surface area contributed by atoms with E-state index in [4.69, 9.17) is 5.11 Å². The van der Waals surface area contributed by atoms with Crippen LogP contribution in [0.3, 0.4) is 0 Å². The number of pyridine rings is 1. The standard InChI is InChI=1S/C9H6BrN5O4/c10-8-12-9(15(18)19)13-14(8)4-6-2-1-5(3-11-6)7(16)17/h1-3H,4H2,(H,16,17). The molecule has 0 aliphatic carbocycles. The van der Waals surface area contributed by atoms with Gasteiger partial charge in [-0.3, -0.25) is 4.98 Å². The van der Waals surface area contributed by atoms with E-state index in [0.29, 0.717) is 5.69 Å². The monoisotopic (exact) mass is 327 g/mol. The number of carbonyl (C=O) groups is 1. The van der Waals surface area contributed by atoms with Gasteiger partial charge in [-0.1, -0.05) is 0 Å². The van der Waals surface area contributed by atoms with E-state index >= 15 is 0 Å². The van der Waals surface area contributed by atoms with Crippen molar-refractivity contribution in [2.24, 2.45) is 0 Å². The Bertz CT molecular complexity index is 639. The molecule has 0 amide bonds. The van der Waals surface area contributed by atoms with Crippen LogP contribution in [0, 0.1) is 10.1 Å². The molecule has 2 heterocycles. The van der Waals surface area contributed by atoms with Gasteiger partial charge in [0.2, 0.25) is 0 Å². The van der Waals surface area contributed by atoms with Crippen molar-refractivity contribution in [3.63, 3.8) is 0 Å². The third kappa shape index (κ3) is 2.91. The minimum atomic E-state index is -1.07. The molecule has 0 atom stereocenters. The van der Waals surface area contributed by atoms with Crippen molar-refractivity contribution in [3.8, 4) is 0 Å². The summed E-state index contributed by atoms with van der Waals surface area (Å²) in [5, 5.41) is 22.9. The molecule has 10 heteroatoms. The highest BCUT2D eigenvalue weighted by Gasteiger charge is 2.19. The number of hydrogen-bond donors (Lipinski definition) is 1. The molecule has 0 aromatic carbocycles. The SMILES string of the molecule is O=C(O)c1ccc(Cn2nc([N+](=O)[O-])nc2Br)nc1. The number of halogens is 1. The maximum atomic E-state index is 10.7. The molecule has 2 aromatic heterocycles. The second-order valence-electron chi connectivity index (χ2n) is 3.44. The summed E-state index contributed by atoms with van der Waals surface area (Å²) in [5.41, 5.74) is 0.567. The normalized spacial score (nSPS) is 10.4. The molecule has 2 aromatic rings. The first-order valence-corrected chi connectivity index (χ1v) is 5.69. The van der Waals surface area contributed by atoms with E-state index in [1.807, 2.05) is 0 Å². The van der Waals surface area contributed by atoms with Crippen molar-refractivity contribution in [2.45, 2.75) is 6.54 Å². The quantitative estimate of drug-likeness (QED) is 0.658. The Labute approximate surface area is 114 Å². The Morgan fingerprint density at radius 1 is 1.53 bits per heavy atom. The number of hydrogen-bond acceptors (Lipinski definition) is 6. The summed E-state index contributed by atoms with van der Waals surface area (Å²) in [4.78, 5) is 28.0. The lowest BCUT2D eigenvalue weighted by atomic mass is 10.2. The largest absolute Gasteiger partial charge is 0.492 e. The van der Waals surface area contributed by atoms with Gasteiger partial charge in [-0.2, -0.15) is 4.68 Å². The van der Waals surface area contributed by atoms with Crippen LogP contribution >= 0.6 is 15.9 Å². The van der Waals surface area contributed by atoms with Gasteiger partial charge in [0, 0.05) is 27.2 Å². The van der Waals surface area contributed by atoms with Crippen molar-refractivity contribution in [2.75, 3.05) is 0 Å². The molecule has 0 bridgehead atoms. The molecule has 0 unspecified atom stereocenters. The van der Waals surface area contributed by atoms with E-state index in [1.165, 1.54) is 23.0 Å². The van der Waals surface area contributed by atoms with Crippen molar-refractivity contribution in [1.29, 1.82) is 0 Å². The van der Waals surface area contributed by atoms with E-state index < -0.39 is 16.8 Å². The lowest BCUT2D eigenvalue weighted by Crippen LogP contribution is -2.06. The zero-order valence-electron chi connectivity index (χ0n) is 9.23. The Morgan fingerprint density at radius 2 is 2.26 bits per heavy atom. The second-order valence-corrected chi connectivity index (χ2v) is 4.15. The van der Waals surface area contributed by atoms with E-state index in [9.17, 15) is 14.9 Å². The first kappa shape index (κ1) is 13.1. The van der Waals surface area contributed by atoms with E-state index in [2.05, 4.69) is 31.0 Å². The first-order chi connectivity index (χ1) is 8.97. The van der Waals surface area contributed by atoms with Crippen LogP contribution in [0.25, 0.3) is 0 Å². The zero-order chi connectivity index (χ0) is 14.0. The van der Waals surface area contributed by atoms with Gasteiger partial charge in [0.1, 0.15) is 6.54 Å². The zero-order valence-corrected chi connectivity index (χ0v) is 10.8. The number of carboxylic acids is 1. The summed E-state index contributed by atoms with van der Waals surface area (Å²) in [5.74, 6) is -1.59. The molecule has 0 spiro atoms. The fourth-order valence-corrected chi connectivity index (χ4v) is 1.65. The molecule has 19 heavy (non-hydrogen) atoms. The molecule has 0 radical (unpaired) electrons. The van der Waals surface area contributed by atoms with E-state index in [-0.39, 0.29) is 16.8 Å². The van der Waals surface area contributed by atoms with E-state index in [0.717, 1.165) is 0 Å². The maximum absolute atomic E-state index is 10.7. The van der Waals surface area contributed by atoms with Crippen LogP contribution in [0.5, 0.6) is 0 Å². The molecule has 0 saturated heterocycles. The molecule has 2 rings (SSSR count). The summed E-state index contributed by atoms with van der Waals surface area (Å²) in [6, 6.07) is 2.90. The van der Waals surface area contributed by atoms with Crippen LogP contribution in [0.1, 0.15) is 16.1 Å². The predicted molar refractivity (Wildman–Crippen MR) is 64.7 cm³/mol. The van der Waals surface area contributed by atoms with Crippen molar-refractivity contribution in [3.05, 3.63) is 44.4 Å². The van der Waals surface area contributed by atoms with Crippen molar-refractivity contribution < 1.29 is 14.8 Å². The second kappa shape index (κ2) is 5.10. The number of aromatic nitrogens is 4. The molecule has 9 nitrogen and oxygen atoms in total. The highest BCUT2D eigenvalue weighted by Crippen LogP contribution is 2.13.